The van der Waals surface area contributed by atoms with Crippen molar-refractivity contribution in [2.75, 3.05) is 31.1 Å². The number of aromatic nitrogens is 1. The molecule has 0 unspecified atom stereocenters. The van der Waals surface area contributed by atoms with Gasteiger partial charge in [0.1, 0.15) is 0 Å². The molecule has 3 aromatic rings. The minimum atomic E-state index is -3.97. The van der Waals surface area contributed by atoms with Gasteiger partial charge in [-0.2, -0.15) is 0 Å². The van der Waals surface area contributed by atoms with E-state index in [2.05, 4.69) is 10.2 Å². The van der Waals surface area contributed by atoms with Crippen molar-refractivity contribution < 1.29 is 17.2 Å². The molecular weight excluding hydrogens is 384 g/mol. The van der Waals surface area contributed by atoms with E-state index in [4.69, 9.17) is 0 Å². The summed E-state index contributed by atoms with van der Waals surface area (Å²) >= 11 is 0. The molecule has 1 N–H and O–H groups in total. The molecule has 2 heterocycles. The predicted octanol–water partition coefficient (Wildman–Crippen LogP) is 3.53. The second-order valence-electron chi connectivity index (χ2n) is 6.94. The lowest BCUT2D eigenvalue weighted by Crippen LogP contribution is -2.43. The summed E-state index contributed by atoms with van der Waals surface area (Å²) in [6.45, 7) is 5.05. The van der Waals surface area contributed by atoms with Gasteiger partial charge in [-0.1, -0.05) is 17.7 Å². The fourth-order valence-electron chi connectivity index (χ4n) is 3.53. The number of hydrogen-bond acceptors (Lipinski definition) is 4. The van der Waals surface area contributed by atoms with Gasteiger partial charge in [-0.3, -0.25) is 0 Å². The van der Waals surface area contributed by atoms with Gasteiger partial charge in [-0.05, 0) is 37.3 Å². The molecule has 2 aromatic carbocycles. The average Bonchev–Trinajstić information content (AvgIpc) is 3.09. The summed E-state index contributed by atoms with van der Waals surface area (Å²) in [5.41, 5.74) is 1.73. The van der Waals surface area contributed by atoms with Crippen molar-refractivity contribution >= 4 is 26.6 Å². The Morgan fingerprint density at radius 1 is 1.04 bits per heavy atom. The lowest BCUT2D eigenvalue weighted by Gasteiger charge is -2.29. The van der Waals surface area contributed by atoms with Crippen LogP contribution in [0.2, 0.25) is 0 Å². The van der Waals surface area contributed by atoms with Crippen LogP contribution in [-0.2, 0) is 10.0 Å². The van der Waals surface area contributed by atoms with Crippen molar-refractivity contribution in [3.8, 4) is 0 Å². The Hall–Kier alpha value is -2.45. The van der Waals surface area contributed by atoms with Crippen LogP contribution in [0, 0.1) is 6.92 Å². The number of fused-ring (bicyclic) bond motifs is 1. The molecule has 1 aliphatic rings. The van der Waals surface area contributed by atoms with Crippen molar-refractivity contribution in [2.24, 2.45) is 0 Å². The Bertz CT molecular complexity index is 1100. The molecule has 0 amide bonds. The minimum Gasteiger partial charge on any atom is -0.369 e. The number of halogens is 2. The van der Waals surface area contributed by atoms with Gasteiger partial charge in [0, 0.05) is 49.0 Å². The summed E-state index contributed by atoms with van der Waals surface area (Å²) in [5.74, 6) is 0. The number of hydrogen-bond donors (Lipinski definition) is 1. The van der Waals surface area contributed by atoms with E-state index >= 15 is 0 Å². The summed E-state index contributed by atoms with van der Waals surface area (Å²) in [5, 5.41) is 3.52. The summed E-state index contributed by atoms with van der Waals surface area (Å²) in [6, 6.07) is 11.4. The molecule has 4 rings (SSSR count). The second kappa shape index (κ2) is 7.18. The summed E-state index contributed by atoms with van der Waals surface area (Å²) < 4.78 is 54.5. The first kappa shape index (κ1) is 18.9. The number of rotatable bonds is 4. The minimum absolute atomic E-state index is 0.0713. The Balaban J connectivity index is 1.86. The van der Waals surface area contributed by atoms with Crippen molar-refractivity contribution in [2.45, 2.75) is 18.2 Å². The van der Waals surface area contributed by atoms with Crippen LogP contribution in [0.1, 0.15) is 17.6 Å². The zero-order valence-electron chi connectivity index (χ0n) is 15.4. The third kappa shape index (κ3) is 3.27. The number of alkyl halides is 2. The number of benzene rings is 2. The van der Waals surface area contributed by atoms with Crippen LogP contribution < -0.4 is 10.2 Å². The van der Waals surface area contributed by atoms with E-state index in [-0.39, 0.29) is 21.4 Å². The van der Waals surface area contributed by atoms with Crippen molar-refractivity contribution in [1.82, 2.24) is 9.29 Å². The van der Waals surface area contributed by atoms with Crippen LogP contribution in [0.5, 0.6) is 0 Å². The highest BCUT2D eigenvalue weighted by molar-refractivity contribution is 7.90. The molecule has 0 bridgehead atoms. The zero-order chi connectivity index (χ0) is 19.9. The molecule has 5 nitrogen and oxygen atoms in total. The van der Waals surface area contributed by atoms with E-state index in [0.29, 0.717) is 0 Å². The number of anilines is 1. The van der Waals surface area contributed by atoms with Gasteiger partial charge in [0.05, 0.1) is 10.4 Å². The lowest BCUT2D eigenvalue weighted by molar-refractivity contribution is 0.153. The van der Waals surface area contributed by atoms with Gasteiger partial charge < -0.3 is 10.2 Å². The molecular formula is C20H21F2N3O2S. The van der Waals surface area contributed by atoms with Crippen LogP contribution in [-0.4, -0.2) is 38.6 Å². The fraction of sp³-hybridized carbons (Fsp3) is 0.300. The number of nitrogens with one attached hydrogen (secondary N) is 1. The van der Waals surface area contributed by atoms with Gasteiger partial charge in [0.2, 0.25) is 0 Å². The number of aryl methyl sites for hydroxylation is 1. The average molecular weight is 405 g/mol. The quantitative estimate of drug-likeness (QED) is 0.722. The Morgan fingerprint density at radius 2 is 1.71 bits per heavy atom. The SMILES string of the molecule is Cc1ccc(S(=O)(=O)n2cc(C(F)F)c3cc(N4CCNCC4)ccc32)cc1. The van der Waals surface area contributed by atoms with E-state index < -0.39 is 16.4 Å². The molecule has 0 spiro atoms. The molecule has 0 aliphatic carbocycles. The normalized spacial score (nSPS) is 15.5. The molecule has 0 radical (unpaired) electrons. The first-order valence-electron chi connectivity index (χ1n) is 9.09. The molecule has 148 valence electrons. The third-order valence-electron chi connectivity index (χ3n) is 5.08. The molecule has 1 saturated heterocycles. The molecule has 1 aromatic heterocycles. The molecule has 1 aliphatic heterocycles. The first-order chi connectivity index (χ1) is 13.4. The van der Waals surface area contributed by atoms with Crippen molar-refractivity contribution in [3.63, 3.8) is 0 Å². The van der Waals surface area contributed by atoms with Crippen LogP contribution >= 0.6 is 0 Å². The van der Waals surface area contributed by atoms with E-state index in [1.165, 1.54) is 12.1 Å². The molecule has 0 saturated carbocycles. The first-order valence-corrected chi connectivity index (χ1v) is 10.5. The largest absolute Gasteiger partial charge is 0.369 e. The van der Waals surface area contributed by atoms with Gasteiger partial charge in [0.15, 0.2) is 0 Å². The highest BCUT2D eigenvalue weighted by Crippen LogP contribution is 2.34. The topological polar surface area (TPSA) is 54.3 Å². The zero-order valence-corrected chi connectivity index (χ0v) is 16.2. The van der Waals surface area contributed by atoms with E-state index in [9.17, 15) is 17.2 Å². The van der Waals surface area contributed by atoms with Gasteiger partial charge >= 0.3 is 0 Å². The van der Waals surface area contributed by atoms with Crippen LogP contribution in [0.4, 0.5) is 14.5 Å². The Morgan fingerprint density at radius 3 is 2.36 bits per heavy atom. The number of nitrogens with zero attached hydrogens (tertiary/aromatic N) is 2. The summed E-state index contributed by atoms with van der Waals surface area (Å²) in [7, 11) is -3.97. The maximum Gasteiger partial charge on any atom is 0.268 e. The maximum atomic E-state index is 13.7. The number of piperazine rings is 1. The fourth-order valence-corrected chi connectivity index (χ4v) is 4.91. The summed E-state index contributed by atoms with van der Waals surface area (Å²) in [4.78, 5) is 2.18. The Labute approximate surface area is 162 Å². The lowest BCUT2D eigenvalue weighted by atomic mass is 10.1. The molecule has 28 heavy (non-hydrogen) atoms. The van der Waals surface area contributed by atoms with Crippen LogP contribution in [0.25, 0.3) is 10.9 Å². The van der Waals surface area contributed by atoms with E-state index in [1.807, 2.05) is 6.92 Å². The van der Waals surface area contributed by atoms with Crippen LogP contribution in [0.3, 0.4) is 0 Å². The van der Waals surface area contributed by atoms with Gasteiger partial charge in [0.25, 0.3) is 16.4 Å². The van der Waals surface area contributed by atoms with E-state index in [0.717, 1.165) is 47.6 Å². The second-order valence-corrected chi connectivity index (χ2v) is 8.75. The maximum absolute atomic E-state index is 13.7. The third-order valence-corrected chi connectivity index (χ3v) is 6.77. The summed E-state index contributed by atoms with van der Waals surface area (Å²) in [6.07, 6.45) is -1.72. The molecule has 8 heteroatoms. The predicted molar refractivity (Wildman–Crippen MR) is 106 cm³/mol. The monoisotopic (exact) mass is 405 g/mol. The standard InChI is InChI=1S/C20H21F2N3O2S/c1-14-2-5-16(6-3-14)28(26,27)25-13-18(20(21)22)17-12-15(4-7-19(17)25)24-10-8-23-9-11-24/h2-7,12-13,20,23H,8-11H2,1H3. The van der Waals surface area contributed by atoms with Crippen LogP contribution in [0.15, 0.2) is 53.6 Å². The molecule has 1 fully saturated rings. The van der Waals surface area contributed by atoms with Crippen molar-refractivity contribution in [1.29, 1.82) is 0 Å². The highest BCUT2D eigenvalue weighted by Gasteiger charge is 2.25. The van der Waals surface area contributed by atoms with Gasteiger partial charge in [-0.15, -0.1) is 0 Å². The smallest absolute Gasteiger partial charge is 0.268 e. The Kier molecular flexibility index (Phi) is 4.84. The van der Waals surface area contributed by atoms with Crippen molar-refractivity contribution in [3.05, 3.63) is 59.8 Å². The highest BCUT2D eigenvalue weighted by atomic mass is 32.2. The van der Waals surface area contributed by atoms with Gasteiger partial charge in [-0.25, -0.2) is 21.2 Å². The molecule has 0 atom stereocenters. The van der Waals surface area contributed by atoms with E-state index in [1.54, 1.807) is 30.3 Å².